The number of halogens is 1. The van der Waals surface area contributed by atoms with Crippen molar-refractivity contribution in [2.24, 2.45) is 5.92 Å². The number of benzene rings is 1. The fraction of sp³-hybridized carbons (Fsp3) is 0.467. The van der Waals surface area contributed by atoms with Crippen LogP contribution in [0.2, 0.25) is 0 Å². The summed E-state index contributed by atoms with van der Waals surface area (Å²) in [6, 6.07) is 7.48. The zero-order valence-corrected chi connectivity index (χ0v) is 12.7. The number of hydrogen-bond acceptors (Lipinski definition) is 2. The third kappa shape index (κ3) is 4.71. The minimum absolute atomic E-state index is 0. The van der Waals surface area contributed by atoms with E-state index in [1.807, 2.05) is 12.1 Å². The van der Waals surface area contributed by atoms with Crippen LogP contribution in [-0.2, 0) is 0 Å². The molecule has 0 bridgehead atoms. The Morgan fingerprint density at radius 3 is 2.06 bits per heavy atom. The van der Waals surface area contributed by atoms with E-state index >= 15 is 0 Å². The van der Waals surface area contributed by atoms with E-state index in [2.05, 4.69) is 39.8 Å². The molecular weight excluding hydrogens is 246 g/mol. The molecule has 102 valence electrons. The van der Waals surface area contributed by atoms with Crippen molar-refractivity contribution in [2.75, 3.05) is 20.6 Å². The van der Waals surface area contributed by atoms with Crippen LogP contribution in [0.3, 0.4) is 0 Å². The molecule has 1 rings (SSSR count). The lowest BCUT2D eigenvalue weighted by Gasteiger charge is -2.22. The fourth-order valence-corrected chi connectivity index (χ4v) is 2.35. The highest BCUT2D eigenvalue weighted by Crippen LogP contribution is 2.28. The van der Waals surface area contributed by atoms with Crippen molar-refractivity contribution in [2.45, 2.75) is 20.8 Å². The van der Waals surface area contributed by atoms with Crippen LogP contribution in [0.15, 0.2) is 29.8 Å². The lowest BCUT2D eigenvalue weighted by molar-refractivity contribution is 0.375. The molecule has 0 saturated heterocycles. The molecule has 1 N–H and O–H groups in total. The molecule has 1 atom stereocenters. The second-order valence-corrected chi connectivity index (χ2v) is 5.12. The van der Waals surface area contributed by atoms with Gasteiger partial charge in [-0.25, -0.2) is 0 Å². The van der Waals surface area contributed by atoms with Gasteiger partial charge in [0.05, 0.1) is 0 Å². The highest BCUT2D eigenvalue weighted by molar-refractivity contribution is 5.85. The first kappa shape index (κ1) is 17.0. The second kappa shape index (κ2) is 7.45. The molecule has 3 heteroatoms. The molecule has 0 amide bonds. The third-order valence-electron chi connectivity index (χ3n) is 2.85. The number of nitrogens with zero attached hydrogens (tertiary/aromatic N) is 1. The summed E-state index contributed by atoms with van der Waals surface area (Å²) in [5.41, 5.74) is 3.92. The molecule has 1 aromatic carbocycles. The molecule has 0 aromatic heterocycles. The van der Waals surface area contributed by atoms with Crippen LogP contribution in [0.1, 0.15) is 26.3 Å². The van der Waals surface area contributed by atoms with Gasteiger partial charge < -0.3 is 10.0 Å². The molecule has 1 aromatic rings. The van der Waals surface area contributed by atoms with Crippen LogP contribution in [0.25, 0.3) is 5.57 Å². The average Bonchev–Trinajstić information content (AvgIpc) is 2.19. The Bertz CT molecular complexity index is 391. The van der Waals surface area contributed by atoms with Crippen molar-refractivity contribution in [3.63, 3.8) is 0 Å². The summed E-state index contributed by atoms with van der Waals surface area (Å²) in [6.07, 6.45) is 0. The van der Waals surface area contributed by atoms with Crippen LogP contribution >= 0.6 is 12.4 Å². The molecule has 0 heterocycles. The number of phenolic OH excluding ortho intramolecular Hbond substituents is 1. The number of allylic oxidation sites excluding steroid dienone is 1. The first-order valence-corrected chi connectivity index (χ1v) is 6.03. The van der Waals surface area contributed by atoms with E-state index in [9.17, 15) is 5.11 Å². The fourth-order valence-electron chi connectivity index (χ4n) is 2.35. The molecule has 0 radical (unpaired) electrons. The van der Waals surface area contributed by atoms with Crippen LogP contribution < -0.4 is 0 Å². The van der Waals surface area contributed by atoms with E-state index in [1.165, 1.54) is 16.7 Å². The summed E-state index contributed by atoms with van der Waals surface area (Å²) in [7, 11) is 4.19. The van der Waals surface area contributed by atoms with Gasteiger partial charge in [-0.2, -0.15) is 0 Å². The van der Waals surface area contributed by atoms with Crippen LogP contribution in [0.4, 0.5) is 0 Å². The van der Waals surface area contributed by atoms with Gasteiger partial charge in [-0.15, -0.1) is 12.4 Å². The van der Waals surface area contributed by atoms with Crippen LogP contribution in [0.5, 0.6) is 5.75 Å². The van der Waals surface area contributed by atoms with Gasteiger partial charge >= 0.3 is 0 Å². The number of hydrogen-bond donors (Lipinski definition) is 1. The van der Waals surface area contributed by atoms with Gasteiger partial charge in [-0.1, -0.05) is 24.6 Å². The first-order chi connectivity index (χ1) is 7.91. The molecule has 0 saturated carbocycles. The summed E-state index contributed by atoms with van der Waals surface area (Å²) < 4.78 is 0. The minimum Gasteiger partial charge on any atom is -0.508 e. The highest BCUT2D eigenvalue weighted by atomic mass is 35.5. The topological polar surface area (TPSA) is 23.5 Å². The lowest BCUT2D eigenvalue weighted by atomic mass is 9.90. The molecule has 0 aliphatic carbocycles. The number of aromatic hydroxyl groups is 1. The summed E-state index contributed by atoms with van der Waals surface area (Å²) in [6.45, 7) is 7.57. The summed E-state index contributed by atoms with van der Waals surface area (Å²) in [4.78, 5) is 2.20. The molecule has 0 fully saturated rings. The van der Waals surface area contributed by atoms with Gasteiger partial charge in [-0.3, -0.25) is 0 Å². The molecular formula is C15H24ClNO. The van der Waals surface area contributed by atoms with Gasteiger partial charge in [-0.05, 0) is 57.1 Å². The normalized spacial score (nSPS) is 11.9. The van der Waals surface area contributed by atoms with Gasteiger partial charge in [0.15, 0.2) is 0 Å². The Morgan fingerprint density at radius 1 is 1.17 bits per heavy atom. The quantitative estimate of drug-likeness (QED) is 0.899. The Kier molecular flexibility index (Phi) is 7.04. The predicted octanol–water partition coefficient (Wildman–Crippen LogP) is 3.81. The van der Waals surface area contributed by atoms with Gasteiger partial charge in [0.2, 0.25) is 0 Å². The molecule has 18 heavy (non-hydrogen) atoms. The van der Waals surface area contributed by atoms with Crippen molar-refractivity contribution in [3.8, 4) is 5.75 Å². The Balaban J connectivity index is 0.00000289. The van der Waals surface area contributed by atoms with Crippen molar-refractivity contribution in [1.82, 2.24) is 4.90 Å². The third-order valence-corrected chi connectivity index (χ3v) is 2.85. The Hall–Kier alpha value is -0.990. The van der Waals surface area contributed by atoms with E-state index in [0.29, 0.717) is 11.7 Å². The summed E-state index contributed by atoms with van der Waals surface area (Å²) in [5, 5.41) is 9.34. The van der Waals surface area contributed by atoms with Crippen molar-refractivity contribution in [3.05, 3.63) is 35.4 Å². The highest BCUT2D eigenvalue weighted by Gasteiger charge is 2.13. The zero-order chi connectivity index (χ0) is 13.0. The monoisotopic (exact) mass is 269 g/mol. The summed E-state index contributed by atoms with van der Waals surface area (Å²) in [5.74, 6) is 0.807. The van der Waals surface area contributed by atoms with Crippen LogP contribution in [-0.4, -0.2) is 30.6 Å². The molecule has 1 unspecified atom stereocenters. The number of rotatable bonds is 4. The van der Waals surface area contributed by atoms with Crippen molar-refractivity contribution < 1.29 is 5.11 Å². The van der Waals surface area contributed by atoms with Gasteiger partial charge in [0.25, 0.3) is 0 Å². The van der Waals surface area contributed by atoms with Crippen molar-refractivity contribution in [1.29, 1.82) is 0 Å². The summed E-state index contributed by atoms with van der Waals surface area (Å²) >= 11 is 0. The van der Waals surface area contributed by atoms with Crippen LogP contribution in [0, 0.1) is 5.92 Å². The van der Waals surface area contributed by atoms with E-state index in [-0.39, 0.29) is 12.4 Å². The first-order valence-electron chi connectivity index (χ1n) is 6.03. The molecule has 0 aliphatic rings. The standard InChI is InChI=1S/C15H23NO.ClH/c1-11(2)15(12(3)10-16(4)5)13-6-8-14(17)9-7-13;/h6-9,12,17H,10H2,1-5H3;1H. The molecule has 0 aliphatic heterocycles. The molecule has 2 nitrogen and oxygen atoms in total. The van der Waals surface area contributed by atoms with E-state index in [0.717, 1.165) is 6.54 Å². The maximum Gasteiger partial charge on any atom is 0.115 e. The number of phenols is 1. The van der Waals surface area contributed by atoms with E-state index in [4.69, 9.17) is 0 Å². The predicted molar refractivity (Wildman–Crippen MR) is 81.3 cm³/mol. The van der Waals surface area contributed by atoms with Crippen molar-refractivity contribution >= 4 is 18.0 Å². The zero-order valence-electron chi connectivity index (χ0n) is 11.9. The smallest absolute Gasteiger partial charge is 0.115 e. The van der Waals surface area contributed by atoms with E-state index in [1.54, 1.807) is 12.1 Å². The Labute approximate surface area is 117 Å². The van der Waals surface area contributed by atoms with Gasteiger partial charge in [0.1, 0.15) is 5.75 Å². The van der Waals surface area contributed by atoms with Gasteiger partial charge in [0, 0.05) is 6.54 Å². The molecule has 0 spiro atoms. The Morgan fingerprint density at radius 2 is 1.67 bits per heavy atom. The van der Waals surface area contributed by atoms with E-state index < -0.39 is 0 Å². The second-order valence-electron chi connectivity index (χ2n) is 5.12. The average molecular weight is 270 g/mol. The lowest BCUT2D eigenvalue weighted by Crippen LogP contribution is -2.21. The maximum atomic E-state index is 9.34. The maximum absolute atomic E-state index is 9.34. The SMILES string of the molecule is CC(C)=C(c1ccc(O)cc1)C(C)CN(C)C.Cl. The minimum atomic E-state index is 0. The largest absolute Gasteiger partial charge is 0.508 e.